The molecule has 130 valence electrons. The van der Waals surface area contributed by atoms with Crippen molar-refractivity contribution >= 4 is 20.7 Å². The van der Waals surface area contributed by atoms with Gasteiger partial charge < -0.3 is 9.30 Å². The third-order valence-electron chi connectivity index (χ3n) is 4.50. The second kappa shape index (κ2) is 6.15. The molecular weight excluding hydrogens is 338 g/mol. The zero-order valence-corrected chi connectivity index (χ0v) is 14.7. The summed E-state index contributed by atoms with van der Waals surface area (Å²) in [5.74, 6) is 2.87. The van der Waals surface area contributed by atoms with Crippen molar-refractivity contribution in [2.75, 3.05) is 18.1 Å². The Kier molecular flexibility index (Phi) is 3.95. The van der Waals surface area contributed by atoms with Gasteiger partial charge in [0.1, 0.15) is 17.4 Å². The summed E-state index contributed by atoms with van der Waals surface area (Å²) >= 11 is 0. The topological polar surface area (TPSA) is 74.1 Å². The molecule has 1 fully saturated rings. The Morgan fingerprint density at radius 2 is 2.16 bits per heavy atom. The lowest BCUT2D eigenvalue weighted by Gasteiger charge is -2.12. The molecule has 7 heteroatoms. The first kappa shape index (κ1) is 16.1. The van der Waals surface area contributed by atoms with Gasteiger partial charge in [-0.05, 0) is 37.6 Å². The quantitative estimate of drug-likeness (QED) is 0.717. The first-order valence-corrected chi connectivity index (χ1v) is 10.1. The maximum Gasteiger partial charge on any atom is 0.150 e. The van der Waals surface area contributed by atoms with Crippen LogP contribution in [0, 0.1) is 12.8 Å². The Morgan fingerprint density at radius 3 is 2.92 bits per heavy atom. The van der Waals surface area contributed by atoms with Crippen LogP contribution >= 0.6 is 0 Å². The molecule has 6 nitrogen and oxygen atoms in total. The summed E-state index contributed by atoms with van der Waals surface area (Å²) in [6, 6.07) is 9.73. The monoisotopic (exact) mass is 357 g/mol. The highest BCUT2D eigenvalue weighted by molar-refractivity contribution is 7.91. The number of rotatable bonds is 4. The highest BCUT2D eigenvalue weighted by Crippen LogP contribution is 2.29. The van der Waals surface area contributed by atoms with Gasteiger partial charge in [0, 0.05) is 23.7 Å². The van der Waals surface area contributed by atoms with Crippen LogP contribution in [-0.4, -0.2) is 41.1 Å². The van der Waals surface area contributed by atoms with Gasteiger partial charge in [0.15, 0.2) is 9.84 Å². The SMILES string of the molecule is Cc1nccc(-n2ccc3c(OCC4CCS(=O)(=O)C4)cccc32)n1. The van der Waals surface area contributed by atoms with Crippen LogP contribution in [0.1, 0.15) is 12.2 Å². The Hall–Kier alpha value is -2.41. The average Bonchev–Trinajstić information content (AvgIpc) is 3.16. The molecule has 0 aliphatic carbocycles. The van der Waals surface area contributed by atoms with Crippen LogP contribution < -0.4 is 4.74 Å². The third-order valence-corrected chi connectivity index (χ3v) is 6.34. The fourth-order valence-corrected chi connectivity index (χ4v) is 5.09. The Balaban J connectivity index is 1.61. The molecule has 0 saturated carbocycles. The molecule has 3 aromatic rings. The van der Waals surface area contributed by atoms with E-state index in [1.54, 1.807) is 6.20 Å². The van der Waals surface area contributed by atoms with Crippen LogP contribution in [0.3, 0.4) is 0 Å². The van der Waals surface area contributed by atoms with E-state index in [2.05, 4.69) is 9.97 Å². The average molecular weight is 357 g/mol. The van der Waals surface area contributed by atoms with Crippen molar-refractivity contribution in [1.29, 1.82) is 0 Å². The Morgan fingerprint density at radius 1 is 1.28 bits per heavy atom. The Bertz CT molecular complexity index is 1030. The van der Waals surface area contributed by atoms with E-state index in [-0.39, 0.29) is 17.4 Å². The summed E-state index contributed by atoms with van der Waals surface area (Å²) in [4.78, 5) is 8.60. The number of ether oxygens (including phenoxy) is 1. The molecule has 1 aromatic carbocycles. The number of benzene rings is 1. The smallest absolute Gasteiger partial charge is 0.150 e. The maximum atomic E-state index is 11.6. The number of aryl methyl sites for hydroxylation is 1. The third kappa shape index (κ3) is 3.24. The van der Waals surface area contributed by atoms with E-state index in [1.165, 1.54) is 0 Å². The minimum atomic E-state index is -2.88. The number of hydrogen-bond acceptors (Lipinski definition) is 5. The van der Waals surface area contributed by atoms with Gasteiger partial charge in [-0.25, -0.2) is 18.4 Å². The predicted molar refractivity (Wildman–Crippen MR) is 95.9 cm³/mol. The van der Waals surface area contributed by atoms with Crippen LogP contribution in [0.4, 0.5) is 0 Å². The highest BCUT2D eigenvalue weighted by atomic mass is 32.2. The van der Waals surface area contributed by atoms with E-state index < -0.39 is 9.84 Å². The molecule has 0 N–H and O–H groups in total. The van der Waals surface area contributed by atoms with Crippen molar-refractivity contribution < 1.29 is 13.2 Å². The normalized spacial score (nSPS) is 19.3. The predicted octanol–water partition coefficient (Wildman–Crippen LogP) is 2.54. The molecule has 0 spiro atoms. The minimum absolute atomic E-state index is 0.0758. The Labute approximate surface area is 146 Å². The second-order valence-electron chi connectivity index (χ2n) is 6.42. The number of sulfone groups is 1. The van der Waals surface area contributed by atoms with E-state index in [4.69, 9.17) is 4.74 Å². The lowest BCUT2D eigenvalue weighted by molar-refractivity contribution is 0.266. The van der Waals surface area contributed by atoms with Crippen LogP contribution in [0.2, 0.25) is 0 Å². The van der Waals surface area contributed by atoms with Gasteiger partial charge in [-0.15, -0.1) is 0 Å². The van der Waals surface area contributed by atoms with Gasteiger partial charge in [0.2, 0.25) is 0 Å². The first-order chi connectivity index (χ1) is 12.0. The molecule has 1 aliphatic rings. The molecule has 1 aliphatic heterocycles. The van der Waals surface area contributed by atoms with Crippen molar-refractivity contribution in [3.05, 3.63) is 48.5 Å². The van der Waals surface area contributed by atoms with Crippen LogP contribution in [0.5, 0.6) is 5.75 Å². The van der Waals surface area contributed by atoms with Crippen molar-refractivity contribution in [2.45, 2.75) is 13.3 Å². The largest absolute Gasteiger partial charge is 0.493 e. The lowest BCUT2D eigenvalue weighted by Crippen LogP contribution is -2.13. The fourth-order valence-electron chi connectivity index (χ4n) is 3.25. The van der Waals surface area contributed by atoms with E-state index in [1.807, 2.05) is 48.0 Å². The van der Waals surface area contributed by atoms with E-state index in [0.717, 1.165) is 22.5 Å². The minimum Gasteiger partial charge on any atom is -0.493 e. The summed E-state index contributed by atoms with van der Waals surface area (Å²) in [5.41, 5.74) is 0.995. The summed E-state index contributed by atoms with van der Waals surface area (Å²) in [6.45, 7) is 2.29. The number of nitrogens with zero attached hydrogens (tertiary/aromatic N) is 3. The molecule has 3 heterocycles. The van der Waals surface area contributed by atoms with Gasteiger partial charge >= 0.3 is 0 Å². The molecule has 4 rings (SSSR count). The molecule has 2 aromatic heterocycles. The standard InChI is InChI=1S/C18H19N3O3S/c1-13-19-8-5-18(20-13)21-9-6-15-16(21)3-2-4-17(15)24-11-14-7-10-25(22,23)12-14/h2-6,8-9,14H,7,10-12H2,1H3. The molecule has 1 unspecified atom stereocenters. The summed E-state index contributed by atoms with van der Waals surface area (Å²) < 4.78 is 31.1. The van der Waals surface area contributed by atoms with E-state index >= 15 is 0 Å². The summed E-state index contributed by atoms with van der Waals surface area (Å²) in [5, 5.41) is 0.986. The van der Waals surface area contributed by atoms with Gasteiger partial charge in [-0.3, -0.25) is 0 Å². The van der Waals surface area contributed by atoms with Crippen LogP contribution in [0.25, 0.3) is 16.7 Å². The zero-order valence-electron chi connectivity index (χ0n) is 13.9. The highest BCUT2D eigenvalue weighted by Gasteiger charge is 2.28. The van der Waals surface area contributed by atoms with Crippen molar-refractivity contribution in [2.24, 2.45) is 5.92 Å². The fraction of sp³-hybridized carbons (Fsp3) is 0.333. The lowest BCUT2D eigenvalue weighted by atomic mass is 10.1. The van der Waals surface area contributed by atoms with Gasteiger partial charge in [-0.1, -0.05) is 6.07 Å². The zero-order chi connectivity index (χ0) is 17.4. The van der Waals surface area contributed by atoms with Gasteiger partial charge in [0.05, 0.1) is 23.6 Å². The van der Waals surface area contributed by atoms with Crippen LogP contribution in [0.15, 0.2) is 42.7 Å². The molecule has 1 atom stereocenters. The molecule has 1 saturated heterocycles. The first-order valence-electron chi connectivity index (χ1n) is 8.25. The molecule has 25 heavy (non-hydrogen) atoms. The molecule has 0 amide bonds. The summed E-state index contributed by atoms with van der Waals surface area (Å²) in [7, 11) is -2.88. The van der Waals surface area contributed by atoms with Crippen LogP contribution in [-0.2, 0) is 9.84 Å². The number of hydrogen-bond donors (Lipinski definition) is 0. The van der Waals surface area contributed by atoms with Gasteiger partial charge in [-0.2, -0.15) is 0 Å². The summed E-state index contributed by atoms with van der Waals surface area (Å²) in [6.07, 6.45) is 4.38. The van der Waals surface area contributed by atoms with Crippen molar-refractivity contribution in [3.63, 3.8) is 0 Å². The molecular formula is C18H19N3O3S. The molecule has 0 radical (unpaired) electrons. The second-order valence-corrected chi connectivity index (χ2v) is 8.65. The maximum absolute atomic E-state index is 11.6. The number of aromatic nitrogens is 3. The van der Waals surface area contributed by atoms with Crippen molar-refractivity contribution in [1.82, 2.24) is 14.5 Å². The van der Waals surface area contributed by atoms with E-state index in [9.17, 15) is 8.42 Å². The van der Waals surface area contributed by atoms with Gasteiger partial charge in [0.25, 0.3) is 0 Å². The van der Waals surface area contributed by atoms with E-state index in [0.29, 0.717) is 18.9 Å². The molecule has 0 bridgehead atoms. The number of fused-ring (bicyclic) bond motifs is 1. The van der Waals surface area contributed by atoms with Crippen molar-refractivity contribution in [3.8, 4) is 11.6 Å².